The van der Waals surface area contributed by atoms with E-state index in [2.05, 4.69) is 14.9 Å². The van der Waals surface area contributed by atoms with E-state index >= 15 is 0 Å². The molecule has 2 aromatic rings. The van der Waals surface area contributed by atoms with Crippen molar-refractivity contribution >= 4 is 5.95 Å². The molecule has 0 N–H and O–H groups in total. The second kappa shape index (κ2) is 6.34. The molecule has 0 saturated carbocycles. The zero-order chi connectivity index (χ0) is 16.5. The molecule has 0 radical (unpaired) electrons. The molecule has 126 valence electrons. The van der Waals surface area contributed by atoms with Gasteiger partial charge in [0.25, 0.3) is 5.56 Å². The van der Waals surface area contributed by atoms with Crippen LogP contribution in [0.25, 0.3) is 0 Å². The van der Waals surface area contributed by atoms with Crippen molar-refractivity contribution in [2.75, 3.05) is 18.0 Å². The van der Waals surface area contributed by atoms with E-state index in [1.807, 2.05) is 19.1 Å². The predicted molar refractivity (Wildman–Crippen MR) is 92.4 cm³/mol. The lowest BCUT2D eigenvalue weighted by atomic mass is 9.97. The number of fused-ring (bicyclic) bond motifs is 1. The summed E-state index contributed by atoms with van der Waals surface area (Å²) in [4.78, 5) is 23.5. The maximum absolute atomic E-state index is 12.4. The molecule has 1 aliphatic heterocycles. The van der Waals surface area contributed by atoms with Gasteiger partial charge in [-0.3, -0.25) is 4.79 Å². The van der Waals surface area contributed by atoms with Gasteiger partial charge in [0.15, 0.2) is 0 Å². The van der Waals surface area contributed by atoms with Crippen LogP contribution in [0.2, 0.25) is 0 Å². The monoisotopic (exact) mass is 325 g/mol. The van der Waals surface area contributed by atoms with Gasteiger partial charge in [0.1, 0.15) is 0 Å². The standard InChI is InChI=1S/C18H23N5O/c1-13-6-9-19-18(20-13)22-10-7-15(8-11-22)23-17(24)12-14-4-2-3-5-16(14)21-23/h6,9,12,15H,2-5,7-8,10-11H2,1H3. The summed E-state index contributed by atoms with van der Waals surface area (Å²) >= 11 is 0. The molecule has 24 heavy (non-hydrogen) atoms. The van der Waals surface area contributed by atoms with Gasteiger partial charge in [0, 0.05) is 31.0 Å². The molecule has 1 aliphatic carbocycles. The van der Waals surface area contributed by atoms with Crippen molar-refractivity contribution < 1.29 is 0 Å². The molecule has 1 fully saturated rings. The number of rotatable bonds is 2. The fourth-order valence-electron chi connectivity index (χ4n) is 3.74. The van der Waals surface area contributed by atoms with Crippen LogP contribution in [0.3, 0.4) is 0 Å². The first kappa shape index (κ1) is 15.3. The third kappa shape index (κ3) is 2.92. The lowest BCUT2D eigenvalue weighted by molar-refractivity contribution is 0.346. The van der Waals surface area contributed by atoms with Gasteiger partial charge in [0.05, 0.1) is 11.7 Å². The first-order chi connectivity index (χ1) is 11.7. The minimum atomic E-state index is 0.0564. The number of hydrogen-bond donors (Lipinski definition) is 0. The lowest BCUT2D eigenvalue weighted by Crippen LogP contribution is -2.39. The Morgan fingerprint density at radius 1 is 1.17 bits per heavy atom. The van der Waals surface area contributed by atoms with Crippen LogP contribution in [0.5, 0.6) is 0 Å². The number of aromatic nitrogens is 4. The molecule has 0 unspecified atom stereocenters. The van der Waals surface area contributed by atoms with Gasteiger partial charge in [-0.15, -0.1) is 0 Å². The number of anilines is 1. The minimum absolute atomic E-state index is 0.0564. The summed E-state index contributed by atoms with van der Waals surface area (Å²) < 4.78 is 1.73. The molecule has 0 bridgehead atoms. The second-order valence-electron chi connectivity index (χ2n) is 6.82. The SMILES string of the molecule is Cc1ccnc(N2CCC(n3nc4c(cc3=O)CCCC4)CC2)n1. The third-order valence-electron chi connectivity index (χ3n) is 5.11. The number of nitrogens with zero attached hydrogens (tertiary/aromatic N) is 5. The number of aryl methyl sites for hydroxylation is 3. The van der Waals surface area contributed by atoms with Gasteiger partial charge in [-0.05, 0) is 57.1 Å². The smallest absolute Gasteiger partial charge is 0.267 e. The summed E-state index contributed by atoms with van der Waals surface area (Å²) in [5.41, 5.74) is 3.33. The van der Waals surface area contributed by atoms with E-state index < -0.39 is 0 Å². The summed E-state index contributed by atoms with van der Waals surface area (Å²) in [6.45, 7) is 3.70. The average Bonchev–Trinajstić information content (AvgIpc) is 2.61. The van der Waals surface area contributed by atoms with Gasteiger partial charge in [-0.25, -0.2) is 14.6 Å². The van der Waals surface area contributed by atoms with Crippen molar-refractivity contribution in [1.82, 2.24) is 19.7 Å². The van der Waals surface area contributed by atoms with Crippen LogP contribution in [0.4, 0.5) is 5.95 Å². The molecule has 0 spiro atoms. The quantitative estimate of drug-likeness (QED) is 0.846. The molecule has 0 amide bonds. The van der Waals surface area contributed by atoms with Gasteiger partial charge >= 0.3 is 0 Å². The van der Waals surface area contributed by atoms with Crippen LogP contribution in [0.1, 0.15) is 48.7 Å². The Bertz CT molecular complexity index is 792. The van der Waals surface area contributed by atoms with Crippen LogP contribution in [0, 0.1) is 6.92 Å². The van der Waals surface area contributed by atoms with Crippen LogP contribution in [0.15, 0.2) is 23.1 Å². The Balaban J connectivity index is 1.51. The summed E-state index contributed by atoms with van der Waals surface area (Å²) in [5.74, 6) is 0.791. The Morgan fingerprint density at radius 2 is 1.96 bits per heavy atom. The van der Waals surface area contributed by atoms with Gasteiger partial charge in [-0.2, -0.15) is 5.10 Å². The largest absolute Gasteiger partial charge is 0.341 e. The second-order valence-corrected chi connectivity index (χ2v) is 6.82. The van der Waals surface area contributed by atoms with Crippen LogP contribution >= 0.6 is 0 Å². The molecule has 6 heteroatoms. The van der Waals surface area contributed by atoms with Crippen molar-refractivity contribution in [2.24, 2.45) is 0 Å². The zero-order valence-corrected chi connectivity index (χ0v) is 14.1. The molecule has 0 aromatic carbocycles. The fraction of sp³-hybridized carbons (Fsp3) is 0.556. The highest BCUT2D eigenvalue weighted by Gasteiger charge is 2.25. The molecule has 2 aromatic heterocycles. The van der Waals surface area contributed by atoms with E-state index in [1.165, 1.54) is 12.8 Å². The first-order valence-electron chi connectivity index (χ1n) is 8.87. The molecule has 1 saturated heterocycles. The van der Waals surface area contributed by atoms with Crippen molar-refractivity contribution in [3.8, 4) is 0 Å². The summed E-state index contributed by atoms with van der Waals surface area (Å²) in [7, 11) is 0. The highest BCUT2D eigenvalue weighted by atomic mass is 16.1. The molecule has 4 rings (SSSR count). The van der Waals surface area contributed by atoms with E-state index in [9.17, 15) is 4.79 Å². The van der Waals surface area contributed by atoms with Gasteiger partial charge in [-0.1, -0.05) is 0 Å². The molecular formula is C18H23N5O. The van der Waals surface area contributed by atoms with Crippen LogP contribution in [-0.2, 0) is 12.8 Å². The highest BCUT2D eigenvalue weighted by Crippen LogP contribution is 2.24. The number of piperidine rings is 1. The summed E-state index contributed by atoms with van der Waals surface area (Å²) in [6, 6.07) is 3.91. The minimum Gasteiger partial charge on any atom is -0.341 e. The molecular weight excluding hydrogens is 302 g/mol. The zero-order valence-electron chi connectivity index (χ0n) is 14.1. The van der Waals surface area contributed by atoms with Gasteiger partial charge in [0.2, 0.25) is 5.95 Å². The Morgan fingerprint density at radius 3 is 2.75 bits per heavy atom. The van der Waals surface area contributed by atoms with Crippen molar-refractivity contribution in [1.29, 1.82) is 0 Å². The topological polar surface area (TPSA) is 63.9 Å². The molecule has 2 aliphatic rings. The van der Waals surface area contributed by atoms with E-state index in [0.717, 1.165) is 61.7 Å². The summed E-state index contributed by atoms with van der Waals surface area (Å²) in [5, 5.41) is 4.70. The maximum Gasteiger partial charge on any atom is 0.267 e. The fourth-order valence-corrected chi connectivity index (χ4v) is 3.74. The van der Waals surface area contributed by atoms with E-state index in [4.69, 9.17) is 5.10 Å². The molecule has 3 heterocycles. The van der Waals surface area contributed by atoms with Crippen molar-refractivity contribution in [3.05, 3.63) is 45.6 Å². The predicted octanol–water partition coefficient (Wildman–Crippen LogP) is 2.06. The molecule has 0 atom stereocenters. The average molecular weight is 325 g/mol. The lowest BCUT2D eigenvalue weighted by Gasteiger charge is -2.32. The normalized spacial score (nSPS) is 18.5. The van der Waals surface area contributed by atoms with E-state index in [-0.39, 0.29) is 11.6 Å². The summed E-state index contributed by atoms with van der Waals surface area (Å²) in [6.07, 6.45) is 7.98. The van der Waals surface area contributed by atoms with Crippen LogP contribution in [-0.4, -0.2) is 32.8 Å². The Kier molecular flexibility index (Phi) is 4.04. The first-order valence-corrected chi connectivity index (χ1v) is 8.87. The van der Waals surface area contributed by atoms with E-state index in [0.29, 0.717) is 0 Å². The van der Waals surface area contributed by atoms with Crippen molar-refractivity contribution in [3.63, 3.8) is 0 Å². The Labute approximate surface area is 141 Å². The van der Waals surface area contributed by atoms with E-state index in [1.54, 1.807) is 10.9 Å². The number of hydrogen-bond acceptors (Lipinski definition) is 5. The highest BCUT2D eigenvalue weighted by molar-refractivity contribution is 5.30. The van der Waals surface area contributed by atoms with Gasteiger partial charge < -0.3 is 4.90 Å². The molecule has 6 nitrogen and oxygen atoms in total. The maximum atomic E-state index is 12.4. The Hall–Kier alpha value is -2.24. The van der Waals surface area contributed by atoms with Crippen molar-refractivity contribution in [2.45, 2.75) is 51.5 Å². The third-order valence-corrected chi connectivity index (χ3v) is 5.11. The van der Waals surface area contributed by atoms with Crippen LogP contribution < -0.4 is 10.5 Å².